The number of hydrogen-bond donors (Lipinski definition) is 1. The first-order valence-electron chi connectivity index (χ1n) is 9.83. The summed E-state index contributed by atoms with van der Waals surface area (Å²) in [4.78, 5) is 38.8. The lowest BCUT2D eigenvalue weighted by Crippen LogP contribution is -2.45. The number of Topliss-reactive ketones (excluding diaryl/α,β-unsaturated/α-hetero) is 1. The van der Waals surface area contributed by atoms with E-state index in [-0.39, 0.29) is 47.6 Å². The molecule has 2 heterocycles. The van der Waals surface area contributed by atoms with Crippen LogP contribution in [-0.4, -0.2) is 52.4 Å². The smallest absolute Gasteiger partial charge is 0.359 e. The molecule has 2 amide bonds. The minimum absolute atomic E-state index is 0.0795. The number of rotatable bonds is 4. The van der Waals surface area contributed by atoms with E-state index in [0.29, 0.717) is 12.8 Å². The molecule has 1 saturated heterocycles. The van der Waals surface area contributed by atoms with E-state index in [1.807, 2.05) is 0 Å². The Bertz CT molecular complexity index is 1020. The zero-order valence-corrected chi connectivity index (χ0v) is 17.4. The van der Waals surface area contributed by atoms with Crippen molar-refractivity contribution in [3.63, 3.8) is 0 Å². The van der Waals surface area contributed by atoms with E-state index in [2.05, 4.69) is 10.4 Å². The van der Waals surface area contributed by atoms with Gasteiger partial charge in [-0.2, -0.15) is 18.3 Å². The van der Waals surface area contributed by atoms with Gasteiger partial charge in [0.1, 0.15) is 0 Å². The molecule has 1 fully saturated rings. The average molecular weight is 436 g/mol. The van der Waals surface area contributed by atoms with Crippen LogP contribution in [0.3, 0.4) is 0 Å². The van der Waals surface area contributed by atoms with Crippen LogP contribution in [0.25, 0.3) is 5.69 Å². The number of halogens is 3. The molecule has 10 heteroatoms. The van der Waals surface area contributed by atoms with Gasteiger partial charge in [0.05, 0.1) is 28.2 Å². The molecule has 0 atom stereocenters. The lowest BCUT2D eigenvalue weighted by atomic mass is 9.95. The molecule has 1 N–H and O–H groups in total. The Kier molecular flexibility index (Phi) is 6.19. The third-order valence-electron chi connectivity index (χ3n) is 5.53. The van der Waals surface area contributed by atoms with E-state index in [1.54, 1.807) is 14.0 Å². The maximum atomic E-state index is 13.0. The fourth-order valence-electron chi connectivity index (χ4n) is 3.84. The maximum absolute atomic E-state index is 13.0. The highest BCUT2D eigenvalue weighted by Gasteiger charge is 2.34. The van der Waals surface area contributed by atoms with Gasteiger partial charge in [0, 0.05) is 26.1 Å². The van der Waals surface area contributed by atoms with Crippen molar-refractivity contribution in [2.45, 2.75) is 32.9 Å². The molecule has 0 saturated carbocycles. The molecular formula is C21H23F3N4O3. The van der Waals surface area contributed by atoms with Gasteiger partial charge in [-0.3, -0.25) is 14.4 Å². The number of carbonyl (C=O) groups excluding carboxylic acids is 3. The summed E-state index contributed by atoms with van der Waals surface area (Å²) in [6.45, 7) is 3.64. The van der Waals surface area contributed by atoms with Crippen molar-refractivity contribution < 1.29 is 27.6 Å². The van der Waals surface area contributed by atoms with Gasteiger partial charge in [0.15, 0.2) is 0 Å². The van der Waals surface area contributed by atoms with Gasteiger partial charge >= 0.3 is 6.18 Å². The van der Waals surface area contributed by atoms with Crippen LogP contribution >= 0.6 is 0 Å². The van der Waals surface area contributed by atoms with Crippen molar-refractivity contribution in [2.75, 3.05) is 20.1 Å². The molecule has 166 valence electrons. The molecular weight excluding hydrogens is 413 g/mol. The summed E-state index contributed by atoms with van der Waals surface area (Å²) in [5, 5.41) is 6.79. The number of alkyl halides is 3. The number of ketones is 1. The number of benzene rings is 1. The normalized spacial score (nSPS) is 15.1. The number of hydrogen-bond acceptors (Lipinski definition) is 4. The number of piperidine rings is 1. The molecule has 0 radical (unpaired) electrons. The van der Waals surface area contributed by atoms with E-state index in [1.165, 1.54) is 28.6 Å². The van der Waals surface area contributed by atoms with Crippen molar-refractivity contribution in [1.82, 2.24) is 20.0 Å². The van der Waals surface area contributed by atoms with Crippen molar-refractivity contribution in [2.24, 2.45) is 5.92 Å². The molecule has 0 aliphatic carbocycles. The highest BCUT2D eigenvalue weighted by atomic mass is 19.4. The van der Waals surface area contributed by atoms with E-state index in [9.17, 15) is 27.6 Å². The predicted molar refractivity (Wildman–Crippen MR) is 106 cm³/mol. The predicted octanol–water partition coefficient (Wildman–Crippen LogP) is 2.68. The number of likely N-dealkylation sites (tertiary alicyclic amines) is 1. The first kappa shape index (κ1) is 22.5. The quantitative estimate of drug-likeness (QED) is 0.590. The van der Waals surface area contributed by atoms with Gasteiger partial charge in [-0.25, -0.2) is 4.68 Å². The molecule has 0 bridgehead atoms. The number of aryl methyl sites for hydroxylation is 1. The molecule has 1 aliphatic heterocycles. The fourth-order valence-corrected chi connectivity index (χ4v) is 3.84. The van der Waals surface area contributed by atoms with Crippen LogP contribution in [0.5, 0.6) is 0 Å². The molecule has 0 unspecified atom stereocenters. The first-order chi connectivity index (χ1) is 14.5. The van der Waals surface area contributed by atoms with Gasteiger partial charge in [-0.15, -0.1) is 0 Å². The largest absolute Gasteiger partial charge is 0.416 e. The minimum Gasteiger partial charge on any atom is -0.359 e. The molecule has 1 aromatic carbocycles. The van der Waals surface area contributed by atoms with Gasteiger partial charge < -0.3 is 10.2 Å². The number of aromatic nitrogens is 2. The van der Waals surface area contributed by atoms with Crippen LogP contribution in [0.4, 0.5) is 13.2 Å². The number of carbonyl (C=O) groups is 3. The summed E-state index contributed by atoms with van der Waals surface area (Å²) in [5.74, 6) is -1.75. The van der Waals surface area contributed by atoms with Crippen molar-refractivity contribution in [3.05, 3.63) is 46.8 Å². The number of amides is 2. The average Bonchev–Trinajstić information content (AvgIpc) is 3.05. The second-order valence-corrected chi connectivity index (χ2v) is 7.52. The van der Waals surface area contributed by atoms with Crippen LogP contribution in [0.1, 0.15) is 40.2 Å². The molecule has 3 rings (SSSR count). The lowest BCUT2D eigenvalue weighted by Gasteiger charge is -2.30. The summed E-state index contributed by atoms with van der Waals surface area (Å²) < 4.78 is 40.4. The molecule has 31 heavy (non-hydrogen) atoms. The van der Waals surface area contributed by atoms with Crippen LogP contribution < -0.4 is 5.32 Å². The zero-order valence-electron chi connectivity index (χ0n) is 17.4. The van der Waals surface area contributed by atoms with Crippen molar-refractivity contribution in [1.29, 1.82) is 0 Å². The van der Waals surface area contributed by atoms with Crippen LogP contribution in [-0.2, 0) is 15.8 Å². The highest BCUT2D eigenvalue weighted by molar-refractivity contribution is 6.43. The van der Waals surface area contributed by atoms with E-state index in [4.69, 9.17) is 0 Å². The Labute approximate surface area is 177 Å². The summed E-state index contributed by atoms with van der Waals surface area (Å²) in [7, 11) is 1.55. The molecule has 7 nitrogen and oxygen atoms in total. The maximum Gasteiger partial charge on any atom is 0.416 e. The zero-order chi connectivity index (χ0) is 22.9. The van der Waals surface area contributed by atoms with Gasteiger partial charge in [-0.1, -0.05) is 6.07 Å². The van der Waals surface area contributed by atoms with Crippen LogP contribution in [0, 0.1) is 19.8 Å². The molecule has 1 aromatic heterocycles. The number of nitrogens with one attached hydrogen (secondary N) is 1. The monoisotopic (exact) mass is 436 g/mol. The van der Waals surface area contributed by atoms with Gasteiger partial charge in [-0.05, 0) is 44.9 Å². The topological polar surface area (TPSA) is 84.3 Å². The van der Waals surface area contributed by atoms with Crippen LogP contribution in [0.15, 0.2) is 24.3 Å². The summed E-state index contributed by atoms with van der Waals surface area (Å²) >= 11 is 0. The number of nitrogens with zero attached hydrogens (tertiary/aromatic N) is 3. The highest BCUT2D eigenvalue weighted by Crippen LogP contribution is 2.31. The fraction of sp³-hybridized carbons (Fsp3) is 0.429. The SMILES string of the molecule is CNC(=O)C1CCN(C(=O)C(=O)c2c(C)nn(-c3cccc(C(F)(F)F)c3)c2C)CC1. The first-order valence-corrected chi connectivity index (χ1v) is 9.83. The standard InChI is InChI=1S/C21H23F3N4O3/c1-12-17(18(29)20(31)27-9-7-14(8-10-27)19(30)25-3)13(2)28(26-12)16-6-4-5-15(11-16)21(22,23)24/h4-6,11,14H,7-10H2,1-3H3,(H,25,30). The Morgan fingerprint density at radius 1 is 1.13 bits per heavy atom. The second-order valence-electron chi connectivity index (χ2n) is 7.52. The Hall–Kier alpha value is -3.17. The van der Waals surface area contributed by atoms with Gasteiger partial charge in [0.2, 0.25) is 5.91 Å². The minimum atomic E-state index is -4.51. The second kappa shape index (κ2) is 8.52. The molecule has 0 spiro atoms. The summed E-state index contributed by atoms with van der Waals surface area (Å²) in [6, 6.07) is 4.61. The van der Waals surface area contributed by atoms with Crippen molar-refractivity contribution >= 4 is 17.6 Å². The van der Waals surface area contributed by atoms with Gasteiger partial charge in [0.25, 0.3) is 11.7 Å². The van der Waals surface area contributed by atoms with E-state index < -0.39 is 23.4 Å². The van der Waals surface area contributed by atoms with Crippen LogP contribution in [0.2, 0.25) is 0 Å². The van der Waals surface area contributed by atoms with E-state index in [0.717, 1.165) is 12.1 Å². The Balaban J connectivity index is 1.83. The summed E-state index contributed by atoms with van der Waals surface area (Å²) in [6.07, 6.45) is -3.60. The third-order valence-corrected chi connectivity index (χ3v) is 5.53. The third kappa shape index (κ3) is 4.47. The van der Waals surface area contributed by atoms with E-state index >= 15 is 0 Å². The molecule has 1 aliphatic rings. The molecule has 2 aromatic rings. The summed E-state index contributed by atoms with van der Waals surface area (Å²) in [5.41, 5.74) is -0.0615. The Morgan fingerprint density at radius 3 is 2.35 bits per heavy atom. The van der Waals surface area contributed by atoms with Crippen molar-refractivity contribution in [3.8, 4) is 5.69 Å². The lowest BCUT2D eigenvalue weighted by molar-refractivity contribution is -0.137. The Morgan fingerprint density at radius 2 is 1.77 bits per heavy atom.